The van der Waals surface area contributed by atoms with Gasteiger partial charge in [-0.15, -0.1) is 10.2 Å². The molecule has 1 amide bonds. The predicted molar refractivity (Wildman–Crippen MR) is 117 cm³/mol. The van der Waals surface area contributed by atoms with E-state index in [1.807, 2.05) is 30.3 Å². The number of aliphatic carboxylic acids is 1. The number of anilines is 1. The van der Waals surface area contributed by atoms with Gasteiger partial charge in [-0.25, -0.2) is 0 Å². The fraction of sp³-hybridized carbons (Fsp3) is 0.304. The van der Waals surface area contributed by atoms with Crippen molar-refractivity contribution >= 4 is 28.3 Å². The molecule has 2 aromatic carbocycles. The van der Waals surface area contributed by atoms with E-state index < -0.39 is 5.97 Å². The highest BCUT2D eigenvalue weighted by Gasteiger charge is 2.27. The lowest BCUT2D eigenvalue weighted by Crippen LogP contribution is -2.30. The molecule has 3 aromatic rings. The van der Waals surface area contributed by atoms with Crippen molar-refractivity contribution in [3.8, 4) is 5.75 Å². The first kappa shape index (κ1) is 21.0. The van der Waals surface area contributed by atoms with Gasteiger partial charge in [-0.3, -0.25) is 14.5 Å². The van der Waals surface area contributed by atoms with Gasteiger partial charge in [0.2, 0.25) is 5.13 Å². The second-order valence-electron chi connectivity index (χ2n) is 7.55. The van der Waals surface area contributed by atoms with E-state index in [1.165, 1.54) is 11.3 Å². The molecule has 1 aliphatic carbocycles. The Labute approximate surface area is 184 Å². The number of hydrogen-bond acceptors (Lipinski definition) is 6. The van der Waals surface area contributed by atoms with Crippen LogP contribution in [0.1, 0.15) is 41.6 Å². The lowest BCUT2D eigenvalue weighted by atomic mass is 9.87. The lowest BCUT2D eigenvalue weighted by Gasteiger charge is -2.27. The Hall–Kier alpha value is -3.26. The first-order valence-corrected chi connectivity index (χ1v) is 11.1. The number of aromatic nitrogens is 2. The van der Waals surface area contributed by atoms with Gasteiger partial charge in [0, 0.05) is 5.56 Å². The van der Waals surface area contributed by atoms with Gasteiger partial charge in [0.05, 0.1) is 18.6 Å². The zero-order valence-corrected chi connectivity index (χ0v) is 17.7. The summed E-state index contributed by atoms with van der Waals surface area (Å²) in [5.74, 6) is -0.470. The number of carbonyl (C=O) groups is 2. The van der Waals surface area contributed by atoms with Crippen molar-refractivity contribution in [1.82, 2.24) is 10.2 Å². The number of carboxylic acids is 1. The normalized spacial score (nSPS) is 18.3. The molecule has 8 heteroatoms. The van der Waals surface area contributed by atoms with Crippen LogP contribution in [0.2, 0.25) is 0 Å². The molecule has 0 saturated heterocycles. The smallest absolute Gasteiger partial charge is 0.306 e. The molecule has 0 spiro atoms. The topological polar surface area (TPSA) is 92.6 Å². The van der Waals surface area contributed by atoms with Crippen LogP contribution in [0, 0.1) is 5.92 Å². The van der Waals surface area contributed by atoms with E-state index in [-0.39, 0.29) is 17.9 Å². The van der Waals surface area contributed by atoms with Crippen LogP contribution in [0.4, 0.5) is 5.13 Å². The lowest BCUT2D eigenvalue weighted by molar-refractivity contribution is -0.143. The van der Waals surface area contributed by atoms with E-state index in [0.717, 1.165) is 18.4 Å². The summed E-state index contributed by atoms with van der Waals surface area (Å²) in [7, 11) is 0. The molecule has 1 N–H and O–H groups in total. The summed E-state index contributed by atoms with van der Waals surface area (Å²) in [6, 6.07) is 16.8. The SMILES string of the molecule is O=C(O)C1CCC(Oc2ccc(C(=O)N(Cc3ccccc3)c3nncs3)cc2)CC1. The van der Waals surface area contributed by atoms with Crippen molar-refractivity contribution in [2.75, 3.05) is 4.90 Å². The molecule has 0 atom stereocenters. The third-order valence-corrected chi connectivity index (χ3v) is 6.15. The molecule has 0 bridgehead atoms. The molecule has 0 aliphatic heterocycles. The summed E-state index contributed by atoms with van der Waals surface area (Å²) in [5, 5.41) is 17.6. The van der Waals surface area contributed by atoms with Crippen molar-refractivity contribution in [3.05, 3.63) is 71.2 Å². The van der Waals surface area contributed by atoms with Crippen molar-refractivity contribution in [1.29, 1.82) is 0 Å². The first-order chi connectivity index (χ1) is 15.1. The number of benzene rings is 2. The highest BCUT2D eigenvalue weighted by Crippen LogP contribution is 2.28. The standard InChI is InChI=1S/C23H23N3O4S/c27-21(26(23-25-24-15-31-23)14-16-4-2-1-3-5-16)17-6-10-19(11-7-17)30-20-12-8-18(9-13-20)22(28)29/h1-7,10-11,15,18,20H,8-9,12-14H2,(H,28,29). The van der Waals surface area contributed by atoms with Crippen molar-refractivity contribution < 1.29 is 19.4 Å². The summed E-state index contributed by atoms with van der Waals surface area (Å²) in [6.45, 7) is 0.403. The van der Waals surface area contributed by atoms with Gasteiger partial charge in [0.25, 0.3) is 5.91 Å². The van der Waals surface area contributed by atoms with Crippen LogP contribution in [-0.2, 0) is 11.3 Å². The summed E-state index contributed by atoms with van der Waals surface area (Å²) >= 11 is 1.32. The average molecular weight is 438 g/mol. The van der Waals surface area contributed by atoms with Crippen LogP contribution in [-0.4, -0.2) is 33.3 Å². The Morgan fingerprint density at radius 1 is 1.03 bits per heavy atom. The third kappa shape index (κ3) is 5.27. The second-order valence-corrected chi connectivity index (χ2v) is 8.36. The minimum absolute atomic E-state index is 0.00752. The maximum absolute atomic E-state index is 13.2. The molecule has 1 aliphatic rings. The highest BCUT2D eigenvalue weighted by molar-refractivity contribution is 7.13. The van der Waals surface area contributed by atoms with Crippen LogP contribution in [0.5, 0.6) is 5.75 Å². The van der Waals surface area contributed by atoms with Crippen LogP contribution in [0.3, 0.4) is 0 Å². The molecule has 0 unspecified atom stereocenters. The van der Waals surface area contributed by atoms with Crippen LogP contribution in [0.25, 0.3) is 0 Å². The van der Waals surface area contributed by atoms with Gasteiger partial charge in [-0.05, 0) is 55.5 Å². The van der Waals surface area contributed by atoms with Crippen LogP contribution in [0.15, 0.2) is 60.1 Å². The van der Waals surface area contributed by atoms with Crippen LogP contribution >= 0.6 is 11.3 Å². The maximum Gasteiger partial charge on any atom is 0.306 e. The Morgan fingerprint density at radius 2 is 1.74 bits per heavy atom. The quantitative estimate of drug-likeness (QED) is 0.589. The summed E-state index contributed by atoms with van der Waals surface area (Å²) in [4.78, 5) is 25.9. The van der Waals surface area contributed by atoms with Gasteiger partial charge in [-0.2, -0.15) is 0 Å². The number of carbonyl (C=O) groups excluding carboxylic acids is 1. The van der Waals surface area contributed by atoms with Gasteiger partial charge < -0.3 is 9.84 Å². The minimum atomic E-state index is -0.725. The Bertz CT molecular complexity index is 1000. The van der Waals surface area contributed by atoms with Gasteiger partial charge in [-0.1, -0.05) is 41.7 Å². The molecule has 1 aromatic heterocycles. The first-order valence-electron chi connectivity index (χ1n) is 10.2. The number of ether oxygens (including phenoxy) is 1. The molecule has 0 radical (unpaired) electrons. The predicted octanol–water partition coefficient (Wildman–Crippen LogP) is 4.41. The number of carboxylic acid groups (broad SMARTS) is 1. The Balaban J connectivity index is 1.43. The molecular formula is C23H23N3O4S. The summed E-state index contributed by atoms with van der Waals surface area (Å²) in [5.41, 5.74) is 3.15. The maximum atomic E-state index is 13.2. The average Bonchev–Trinajstić information content (AvgIpc) is 3.33. The fourth-order valence-electron chi connectivity index (χ4n) is 3.73. The van der Waals surface area contributed by atoms with Crippen LogP contribution < -0.4 is 9.64 Å². The molecule has 7 nitrogen and oxygen atoms in total. The minimum Gasteiger partial charge on any atom is -0.490 e. The molecule has 1 saturated carbocycles. The zero-order valence-electron chi connectivity index (χ0n) is 16.9. The number of amides is 1. The van der Waals surface area contributed by atoms with Crippen molar-refractivity contribution in [2.45, 2.75) is 38.3 Å². The molecule has 1 heterocycles. The second kappa shape index (κ2) is 9.70. The van der Waals surface area contributed by atoms with Crippen molar-refractivity contribution in [2.24, 2.45) is 5.92 Å². The number of rotatable bonds is 7. The Morgan fingerprint density at radius 3 is 2.35 bits per heavy atom. The van der Waals surface area contributed by atoms with Crippen molar-refractivity contribution in [3.63, 3.8) is 0 Å². The molecule has 1 fully saturated rings. The summed E-state index contributed by atoms with van der Waals surface area (Å²) in [6.07, 6.45) is 2.71. The largest absolute Gasteiger partial charge is 0.490 e. The third-order valence-electron chi connectivity index (χ3n) is 5.44. The van der Waals surface area contributed by atoms with E-state index in [1.54, 1.807) is 34.7 Å². The van der Waals surface area contributed by atoms with Gasteiger partial charge >= 0.3 is 5.97 Å². The molecule has 4 rings (SSSR count). The molecular weight excluding hydrogens is 414 g/mol. The zero-order chi connectivity index (χ0) is 21.6. The van der Waals surface area contributed by atoms with Gasteiger partial charge in [0.1, 0.15) is 11.3 Å². The van der Waals surface area contributed by atoms with Gasteiger partial charge in [0.15, 0.2) is 0 Å². The highest BCUT2D eigenvalue weighted by atomic mass is 32.1. The van der Waals surface area contributed by atoms with E-state index in [4.69, 9.17) is 9.84 Å². The van der Waals surface area contributed by atoms with E-state index >= 15 is 0 Å². The fourth-order valence-corrected chi connectivity index (χ4v) is 4.29. The monoisotopic (exact) mass is 437 g/mol. The molecule has 160 valence electrons. The number of hydrogen-bond donors (Lipinski definition) is 1. The number of nitrogens with zero attached hydrogens (tertiary/aromatic N) is 3. The van der Waals surface area contributed by atoms with E-state index in [9.17, 15) is 9.59 Å². The van der Waals surface area contributed by atoms with E-state index in [0.29, 0.717) is 35.8 Å². The molecule has 31 heavy (non-hydrogen) atoms. The Kier molecular flexibility index (Phi) is 6.57. The summed E-state index contributed by atoms with van der Waals surface area (Å²) < 4.78 is 6.01. The van der Waals surface area contributed by atoms with E-state index in [2.05, 4.69) is 10.2 Å².